The van der Waals surface area contributed by atoms with Crippen LogP contribution < -0.4 is 4.74 Å². The van der Waals surface area contributed by atoms with E-state index in [0.717, 1.165) is 26.1 Å². The lowest BCUT2D eigenvalue weighted by Gasteiger charge is -2.24. The second-order valence-electron chi connectivity index (χ2n) is 4.69. The largest absolute Gasteiger partial charge is 0.497 e. The van der Waals surface area contributed by atoms with Crippen molar-refractivity contribution in [2.75, 3.05) is 20.3 Å². The summed E-state index contributed by atoms with van der Waals surface area (Å²) in [7, 11) is 1.49. The molecule has 100 valence electrons. The second kappa shape index (κ2) is 6.16. The molecular weight excluding hydrogens is 235 g/mol. The van der Waals surface area contributed by atoms with Crippen LogP contribution in [0.4, 0.5) is 4.39 Å². The van der Waals surface area contributed by atoms with Crippen LogP contribution in [-0.4, -0.2) is 25.4 Å². The van der Waals surface area contributed by atoms with Gasteiger partial charge in [-0.3, -0.25) is 0 Å². The first kappa shape index (κ1) is 13.3. The third-order valence-corrected chi connectivity index (χ3v) is 3.46. The van der Waals surface area contributed by atoms with Crippen LogP contribution in [0.5, 0.6) is 5.75 Å². The fourth-order valence-corrected chi connectivity index (χ4v) is 2.33. The molecular formula is C14H19FO3. The number of aliphatic hydroxyl groups is 1. The van der Waals surface area contributed by atoms with Gasteiger partial charge in [0.15, 0.2) is 0 Å². The highest BCUT2D eigenvalue weighted by Crippen LogP contribution is 2.30. The van der Waals surface area contributed by atoms with Gasteiger partial charge in [-0.1, -0.05) is 0 Å². The van der Waals surface area contributed by atoms with Crippen molar-refractivity contribution in [2.24, 2.45) is 5.92 Å². The van der Waals surface area contributed by atoms with Gasteiger partial charge in [-0.05, 0) is 37.3 Å². The van der Waals surface area contributed by atoms with Crippen LogP contribution in [0.3, 0.4) is 0 Å². The minimum Gasteiger partial charge on any atom is -0.497 e. The highest BCUT2D eigenvalue weighted by molar-refractivity contribution is 5.30. The van der Waals surface area contributed by atoms with Gasteiger partial charge in [-0.2, -0.15) is 0 Å². The molecule has 1 atom stereocenters. The summed E-state index contributed by atoms with van der Waals surface area (Å²) >= 11 is 0. The average Bonchev–Trinajstić information content (AvgIpc) is 2.39. The number of benzene rings is 1. The Balaban J connectivity index is 2.01. The van der Waals surface area contributed by atoms with E-state index in [2.05, 4.69) is 0 Å². The Morgan fingerprint density at radius 1 is 1.44 bits per heavy atom. The molecule has 1 saturated heterocycles. The number of halogens is 1. The van der Waals surface area contributed by atoms with Crippen LogP contribution in [0.25, 0.3) is 0 Å². The molecule has 0 radical (unpaired) electrons. The topological polar surface area (TPSA) is 38.7 Å². The monoisotopic (exact) mass is 254 g/mol. The van der Waals surface area contributed by atoms with Crippen molar-refractivity contribution < 1.29 is 19.0 Å². The molecule has 0 amide bonds. The van der Waals surface area contributed by atoms with Crippen molar-refractivity contribution in [3.8, 4) is 5.75 Å². The zero-order valence-electron chi connectivity index (χ0n) is 10.6. The first-order valence-corrected chi connectivity index (χ1v) is 6.30. The summed E-state index contributed by atoms with van der Waals surface area (Å²) in [6, 6.07) is 4.58. The van der Waals surface area contributed by atoms with Crippen LogP contribution in [0.15, 0.2) is 18.2 Å². The smallest absolute Gasteiger partial charge is 0.132 e. The zero-order valence-corrected chi connectivity index (χ0v) is 10.6. The van der Waals surface area contributed by atoms with Crippen molar-refractivity contribution in [3.05, 3.63) is 29.6 Å². The molecule has 1 aromatic rings. The Bertz CT molecular complexity index is 389. The number of hydrogen-bond acceptors (Lipinski definition) is 3. The Hall–Kier alpha value is -1.13. The van der Waals surface area contributed by atoms with Crippen LogP contribution >= 0.6 is 0 Å². The molecule has 1 aliphatic heterocycles. The van der Waals surface area contributed by atoms with Gasteiger partial charge in [0.05, 0.1) is 13.2 Å². The SMILES string of the molecule is COc1ccc(C(O)CC2CCOCC2)c(F)c1. The molecule has 4 heteroatoms. The number of ether oxygens (including phenoxy) is 2. The fourth-order valence-electron chi connectivity index (χ4n) is 2.33. The van der Waals surface area contributed by atoms with Crippen molar-refractivity contribution in [1.29, 1.82) is 0 Å². The highest BCUT2D eigenvalue weighted by atomic mass is 19.1. The van der Waals surface area contributed by atoms with Gasteiger partial charge in [0.2, 0.25) is 0 Å². The van der Waals surface area contributed by atoms with Crippen LogP contribution in [0.2, 0.25) is 0 Å². The summed E-state index contributed by atoms with van der Waals surface area (Å²) in [5.41, 5.74) is 0.349. The lowest BCUT2D eigenvalue weighted by atomic mass is 9.91. The molecule has 1 fully saturated rings. The minimum atomic E-state index is -0.751. The van der Waals surface area contributed by atoms with E-state index in [1.54, 1.807) is 12.1 Å². The summed E-state index contributed by atoms with van der Waals surface area (Å²) < 4.78 is 24.0. The predicted molar refractivity (Wildman–Crippen MR) is 66.1 cm³/mol. The summed E-state index contributed by atoms with van der Waals surface area (Å²) in [5.74, 6) is 0.471. The van der Waals surface area contributed by atoms with Gasteiger partial charge in [0.25, 0.3) is 0 Å². The molecule has 0 aliphatic carbocycles. The Morgan fingerprint density at radius 2 is 2.17 bits per heavy atom. The predicted octanol–water partition coefficient (Wildman–Crippen LogP) is 2.68. The third-order valence-electron chi connectivity index (χ3n) is 3.46. The molecule has 0 saturated carbocycles. The number of aliphatic hydroxyl groups excluding tert-OH is 1. The standard InChI is InChI=1S/C14H19FO3/c1-17-11-2-3-12(13(15)9-11)14(16)8-10-4-6-18-7-5-10/h2-3,9-10,14,16H,4-8H2,1H3. The Labute approximate surface area is 107 Å². The van der Waals surface area contributed by atoms with Crippen LogP contribution in [0.1, 0.15) is 30.9 Å². The van der Waals surface area contributed by atoms with Crippen molar-refractivity contribution in [3.63, 3.8) is 0 Å². The van der Waals surface area contributed by atoms with Gasteiger partial charge in [-0.25, -0.2) is 4.39 Å². The number of rotatable bonds is 4. The normalized spacial score (nSPS) is 18.6. The van der Waals surface area contributed by atoms with Gasteiger partial charge in [-0.15, -0.1) is 0 Å². The van der Waals surface area contributed by atoms with Gasteiger partial charge < -0.3 is 14.6 Å². The van der Waals surface area contributed by atoms with E-state index in [4.69, 9.17) is 9.47 Å². The molecule has 2 rings (SSSR count). The average molecular weight is 254 g/mol. The Morgan fingerprint density at radius 3 is 2.78 bits per heavy atom. The molecule has 1 N–H and O–H groups in total. The first-order valence-electron chi connectivity index (χ1n) is 6.30. The number of hydrogen-bond donors (Lipinski definition) is 1. The summed E-state index contributed by atoms with van der Waals surface area (Å²) in [6.45, 7) is 1.48. The lowest BCUT2D eigenvalue weighted by molar-refractivity contribution is 0.0428. The van der Waals surface area contributed by atoms with E-state index >= 15 is 0 Å². The molecule has 3 nitrogen and oxygen atoms in total. The van der Waals surface area contributed by atoms with E-state index in [9.17, 15) is 9.50 Å². The quantitative estimate of drug-likeness (QED) is 0.897. The zero-order chi connectivity index (χ0) is 13.0. The maximum Gasteiger partial charge on any atom is 0.132 e. The van der Waals surface area contributed by atoms with E-state index in [1.807, 2.05) is 0 Å². The first-order chi connectivity index (χ1) is 8.70. The molecule has 0 aromatic heterocycles. The summed E-state index contributed by atoms with van der Waals surface area (Å²) in [5, 5.41) is 10.1. The summed E-state index contributed by atoms with van der Waals surface area (Å²) in [4.78, 5) is 0. The molecule has 1 aliphatic rings. The van der Waals surface area contributed by atoms with Crippen molar-refractivity contribution in [1.82, 2.24) is 0 Å². The van der Waals surface area contributed by atoms with Gasteiger partial charge in [0.1, 0.15) is 11.6 Å². The lowest BCUT2D eigenvalue weighted by Crippen LogP contribution is -2.18. The van der Waals surface area contributed by atoms with Crippen LogP contribution in [-0.2, 0) is 4.74 Å². The maximum absolute atomic E-state index is 13.8. The molecule has 0 spiro atoms. The van der Waals surface area contributed by atoms with Crippen molar-refractivity contribution >= 4 is 0 Å². The molecule has 1 aromatic carbocycles. The maximum atomic E-state index is 13.8. The molecule has 18 heavy (non-hydrogen) atoms. The third kappa shape index (κ3) is 3.21. The van der Waals surface area contributed by atoms with Crippen LogP contribution in [0, 0.1) is 11.7 Å². The fraction of sp³-hybridized carbons (Fsp3) is 0.571. The Kier molecular flexibility index (Phi) is 4.55. The van der Waals surface area contributed by atoms with Gasteiger partial charge >= 0.3 is 0 Å². The van der Waals surface area contributed by atoms with E-state index in [1.165, 1.54) is 13.2 Å². The minimum absolute atomic E-state index is 0.349. The number of methoxy groups -OCH3 is 1. The van der Waals surface area contributed by atoms with E-state index in [-0.39, 0.29) is 0 Å². The molecule has 0 bridgehead atoms. The van der Waals surface area contributed by atoms with Gasteiger partial charge in [0, 0.05) is 24.8 Å². The highest BCUT2D eigenvalue weighted by Gasteiger charge is 2.21. The van der Waals surface area contributed by atoms with E-state index in [0.29, 0.717) is 23.7 Å². The van der Waals surface area contributed by atoms with Crippen molar-refractivity contribution in [2.45, 2.75) is 25.4 Å². The second-order valence-corrected chi connectivity index (χ2v) is 4.69. The molecule has 1 heterocycles. The molecule has 1 unspecified atom stereocenters. The van der Waals surface area contributed by atoms with E-state index < -0.39 is 11.9 Å². The summed E-state index contributed by atoms with van der Waals surface area (Å²) in [6.07, 6.45) is 1.72.